The number of carbonyl (C=O) groups is 1. The van der Waals surface area contributed by atoms with Gasteiger partial charge in [0.25, 0.3) is 5.91 Å². The van der Waals surface area contributed by atoms with Crippen LogP contribution in [0.1, 0.15) is 42.6 Å². The normalized spacial score (nSPS) is 14.1. The van der Waals surface area contributed by atoms with E-state index in [0.717, 1.165) is 24.2 Å². The lowest BCUT2D eigenvalue weighted by Gasteiger charge is -2.23. The standard InChI is InChI=1S/C22H28N2O4S/c1-4-23(5-2)29(26,27)21-8-6-7-18(15-21)22(25)24(19-11-12-19)16-17-9-13-20(28-3)14-10-17/h6-10,13-15,19H,4-5,11-12,16H2,1-3H3. The SMILES string of the molecule is CCN(CC)S(=O)(=O)c1cccc(C(=O)N(Cc2ccc(OC)cc2)C2CC2)c1. The summed E-state index contributed by atoms with van der Waals surface area (Å²) in [5, 5.41) is 0. The molecule has 0 aromatic heterocycles. The molecule has 156 valence electrons. The van der Waals surface area contributed by atoms with Gasteiger partial charge in [0.05, 0.1) is 12.0 Å². The van der Waals surface area contributed by atoms with Crippen molar-refractivity contribution in [1.82, 2.24) is 9.21 Å². The van der Waals surface area contributed by atoms with Gasteiger partial charge in [-0.15, -0.1) is 0 Å². The van der Waals surface area contributed by atoms with Gasteiger partial charge in [0.2, 0.25) is 10.0 Å². The van der Waals surface area contributed by atoms with Crippen LogP contribution in [0.2, 0.25) is 0 Å². The topological polar surface area (TPSA) is 66.9 Å². The molecular formula is C22H28N2O4S. The van der Waals surface area contributed by atoms with Crippen LogP contribution in [0, 0.1) is 0 Å². The first kappa shape index (κ1) is 21.3. The molecule has 0 N–H and O–H groups in total. The van der Waals surface area contributed by atoms with Gasteiger partial charge >= 0.3 is 0 Å². The molecule has 0 bridgehead atoms. The smallest absolute Gasteiger partial charge is 0.254 e. The molecule has 3 rings (SSSR count). The number of carbonyl (C=O) groups excluding carboxylic acids is 1. The summed E-state index contributed by atoms with van der Waals surface area (Å²) in [4.78, 5) is 15.2. The van der Waals surface area contributed by atoms with Gasteiger partial charge in [-0.2, -0.15) is 4.31 Å². The predicted octanol–water partition coefficient (Wildman–Crippen LogP) is 3.53. The van der Waals surface area contributed by atoms with Crippen molar-refractivity contribution in [2.24, 2.45) is 0 Å². The zero-order valence-electron chi connectivity index (χ0n) is 17.2. The van der Waals surface area contributed by atoms with E-state index in [2.05, 4.69) is 0 Å². The van der Waals surface area contributed by atoms with Crippen LogP contribution >= 0.6 is 0 Å². The highest BCUT2D eigenvalue weighted by molar-refractivity contribution is 7.89. The molecule has 2 aromatic carbocycles. The third kappa shape index (κ3) is 4.79. The van der Waals surface area contributed by atoms with Crippen LogP contribution in [0.4, 0.5) is 0 Å². The van der Waals surface area contributed by atoms with E-state index in [0.29, 0.717) is 25.2 Å². The predicted molar refractivity (Wildman–Crippen MR) is 112 cm³/mol. The van der Waals surface area contributed by atoms with E-state index in [1.807, 2.05) is 29.2 Å². The minimum atomic E-state index is -3.61. The van der Waals surface area contributed by atoms with Crippen molar-refractivity contribution in [3.63, 3.8) is 0 Å². The van der Waals surface area contributed by atoms with Crippen LogP contribution in [0.5, 0.6) is 5.75 Å². The van der Waals surface area contributed by atoms with Crippen molar-refractivity contribution in [2.45, 2.75) is 44.2 Å². The van der Waals surface area contributed by atoms with Crippen molar-refractivity contribution in [3.8, 4) is 5.75 Å². The Morgan fingerprint density at radius 1 is 1.07 bits per heavy atom. The fourth-order valence-electron chi connectivity index (χ4n) is 3.35. The third-order valence-electron chi connectivity index (χ3n) is 5.18. The molecule has 0 saturated heterocycles. The van der Waals surface area contributed by atoms with E-state index >= 15 is 0 Å². The summed E-state index contributed by atoms with van der Waals surface area (Å²) in [6.45, 7) is 4.88. The summed E-state index contributed by atoms with van der Waals surface area (Å²) in [5.41, 5.74) is 1.41. The second-order valence-corrected chi connectivity index (χ2v) is 9.07. The average molecular weight is 417 g/mol. The molecule has 6 nitrogen and oxygen atoms in total. The maximum Gasteiger partial charge on any atom is 0.254 e. The molecule has 1 aliphatic rings. The van der Waals surface area contributed by atoms with E-state index in [1.165, 1.54) is 10.4 Å². The first-order chi connectivity index (χ1) is 13.9. The Hall–Kier alpha value is -2.38. The minimum absolute atomic E-state index is 0.139. The number of hydrogen-bond donors (Lipinski definition) is 0. The summed E-state index contributed by atoms with van der Waals surface area (Å²) in [6.07, 6.45) is 1.94. The molecular weight excluding hydrogens is 388 g/mol. The van der Waals surface area contributed by atoms with Gasteiger partial charge in [-0.1, -0.05) is 32.0 Å². The van der Waals surface area contributed by atoms with Crippen LogP contribution in [0.25, 0.3) is 0 Å². The maximum atomic E-state index is 13.2. The summed E-state index contributed by atoms with van der Waals surface area (Å²) < 4.78 is 32.2. The van der Waals surface area contributed by atoms with Crippen molar-refractivity contribution in [1.29, 1.82) is 0 Å². The molecule has 29 heavy (non-hydrogen) atoms. The number of rotatable bonds is 9. The molecule has 7 heteroatoms. The molecule has 0 atom stereocenters. The lowest BCUT2D eigenvalue weighted by molar-refractivity contribution is 0.0729. The highest BCUT2D eigenvalue weighted by Crippen LogP contribution is 2.30. The Kier molecular flexibility index (Phi) is 6.59. The quantitative estimate of drug-likeness (QED) is 0.627. The fraction of sp³-hybridized carbons (Fsp3) is 0.409. The van der Waals surface area contributed by atoms with Crippen molar-refractivity contribution >= 4 is 15.9 Å². The van der Waals surface area contributed by atoms with E-state index < -0.39 is 10.0 Å². The van der Waals surface area contributed by atoms with Gasteiger partial charge in [0.1, 0.15) is 5.75 Å². The third-order valence-corrected chi connectivity index (χ3v) is 7.23. The van der Waals surface area contributed by atoms with Gasteiger partial charge < -0.3 is 9.64 Å². The molecule has 1 aliphatic carbocycles. The zero-order valence-corrected chi connectivity index (χ0v) is 18.0. The summed E-state index contributed by atoms with van der Waals surface area (Å²) in [6, 6.07) is 14.2. The Bertz CT molecular complexity index is 949. The fourth-order valence-corrected chi connectivity index (χ4v) is 4.85. The van der Waals surface area contributed by atoms with Crippen molar-refractivity contribution in [2.75, 3.05) is 20.2 Å². The lowest BCUT2D eigenvalue weighted by atomic mass is 10.1. The highest BCUT2D eigenvalue weighted by atomic mass is 32.2. The van der Waals surface area contributed by atoms with Gasteiger partial charge in [-0.05, 0) is 48.7 Å². The van der Waals surface area contributed by atoms with E-state index in [1.54, 1.807) is 39.2 Å². The second-order valence-electron chi connectivity index (χ2n) is 7.13. The number of amides is 1. The van der Waals surface area contributed by atoms with Gasteiger partial charge in [0.15, 0.2) is 0 Å². The Labute approximate surface area is 173 Å². The number of sulfonamides is 1. The van der Waals surface area contributed by atoms with Gasteiger partial charge in [-0.3, -0.25) is 4.79 Å². The minimum Gasteiger partial charge on any atom is -0.497 e. The van der Waals surface area contributed by atoms with Crippen LogP contribution < -0.4 is 4.74 Å². The van der Waals surface area contributed by atoms with Crippen LogP contribution in [-0.4, -0.2) is 49.8 Å². The maximum absolute atomic E-state index is 13.2. The van der Waals surface area contributed by atoms with E-state index in [-0.39, 0.29) is 16.8 Å². The Balaban J connectivity index is 1.85. The van der Waals surface area contributed by atoms with Gasteiger partial charge in [0, 0.05) is 31.2 Å². The number of nitrogens with zero attached hydrogens (tertiary/aromatic N) is 2. The summed E-state index contributed by atoms with van der Waals surface area (Å²) in [5.74, 6) is 0.632. The Morgan fingerprint density at radius 2 is 1.72 bits per heavy atom. The molecule has 0 radical (unpaired) electrons. The Morgan fingerprint density at radius 3 is 2.28 bits per heavy atom. The molecule has 0 heterocycles. The van der Waals surface area contributed by atoms with E-state index in [9.17, 15) is 13.2 Å². The molecule has 0 aliphatic heterocycles. The number of methoxy groups -OCH3 is 1. The van der Waals surface area contributed by atoms with Crippen molar-refractivity contribution < 1.29 is 17.9 Å². The van der Waals surface area contributed by atoms with Gasteiger partial charge in [-0.25, -0.2) is 8.42 Å². The highest BCUT2D eigenvalue weighted by Gasteiger charge is 2.33. The monoisotopic (exact) mass is 416 g/mol. The zero-order chi connectivity index (χ0) is 21.0. The largest absolute Gasteiger partial charge is 0.497 e. The molecule has 1 fully saturated rings. The van der Waals surface area contributed by atoms with E-state index in [4.69, 9.17) is 4.74 Å². The van der Waals surface area contributed by atoms with Crippen LogP contribution in [0.3, 0.4) is 0 Å². The molecule has 0 unspecified atom stereocenters. The second kappa shape index (κ2) is 8.97. The lowest BCUT2D eigenvalue weighted by Crippen LogP contribution is -2.33. The van der Waals surface area contributed by atoms with Crippen LogP contribution in [-0.2, 0) is 16.6 Å². The van der Waals surface area contributed by atoms with Crippen molar-refractivity contribution in [3.05, 3.63) is 59.7 Å². The first-order valence-corrected chi connectivity index (χ1v) is 11.4. The molecule has 2 aromatic rings. The first-order valence-electron chi connectivity index (χ1n) is 9.94. The van der Waals surface area contributed by atoms with Crippen LogP contribution in [0.15, 0.2) is 53.4 Å². The summed E-state index contributed by atoms with van der Waals surface area (Å²) >= 11 is 0. The average Bonchev–Trinajstić information content (AvgIpc) is 3.58. The molecule has 0 spiro atoms. The molecule has 1 amide bonds. The summed E-state index contributed by atoms with van der Waals surface area (Å²) in [7, 11) is -1.99. The number of hydrogen-bond acceptors (Lipinski definition) is 4. The number of benzene rings is 2. The molecule has 1 saturated carbocycles. The number of ether oxygens (including phenoxy) is 1.